The minimum Gasteiger partial charge on any atom is -0.312 e. The number of oxime groups is 1. The van der Waals surface area contributed by atoms with Gasteiger partial charge >= 0.3 is 6.09 Å². The molecule has 0 spiro atoms. The molecule has 0 saturated carbocycles. The second kappa shape index (κ2) is 5.59. The summed E-state index contributed by atoms with van der Waals surface area (Å²) in [6, 6.07) is 5.82. The summed E-state index contributed by atoms with van der Waals surface area (Å²) in [6.07, 6.45) is 0.612. The summed E-state index contributed by atoms with van der Waals surface area (Å²) in [7, 11) is 3.04. The van der Waals surface area contributed by atoms with Crippen molar-refractivity contribution in [1.29, 1.82) is 0 Å². The Hall–Kier alpha value is -2.44. The molecule has 0 heterocycles. The second-order valence-corrected chi connectivity index (χ2v) is 3.34. The van der Waals surface area contributed by atoms with Crippen molar-refractivity contribution < 1.29 is 14.6 Å². The predicted octanol–water partition coefficient (Wildman–Crippen LogP) is 1.63. The van der Waals surface area contributed by atoms with Crippen molar-refractivity contribution in [3.63, 3.8) is 0 Å². The van der Waals surface area contributed by atoms with Crippen LogP contribution in [0.2, 0.25) is 0 Å². The molecule has 0 atom stereocenters. The van der Waals surface area contributed by atoms with Crippen LogP contribution in [0.3, 0.4) is 0 Å². The maximum absolute atomic E-state index is 11.0. The highest BCUT2D eigenvalue weighted by atomic mass is 16.7. The van der Waals surface area contributed by atoms with Crippen molar-refractivity contribution in [3.8, 4) is 0 Å². The molecular weight excluding hydrogens is 226 g/mol. The largest absolute Gasteiger partial charge is 0.435 e. The Morgan fingerprint density at radius 3 is 2.82 bits per heavy atom. The van der Waals surface area contributed by atoms with Crippen LogP contribution in [0.1, 0.15) is 5.56 Å². The zero-order valence-corrected chi connectivity index (χ0v) is 9.36. The first kappa shape index (κ1) is 12.6. The molecule has 1 amide bonds. The minimum atomic E-state index is -0.619. The number of nitrogens with zero attached hydrogens (tertiary/aromatic N) is 3. The van der Waals surface area contributed by atoms with Gasteiger partial charge in [0.25, 0.3) is 5.69 Å². The van der Waals surface area contributed by atoms with Crippen LogP contribution in [0.5, 0.6) is 0 Å². The number of amides is 1. The molecule has 0 aliphatic carbocycles. The number of carbonyl (C=O) groups excluding carboxylic acids is 1. The molecule has 7 heteroatoms. The van der Waals surface area contributed by atoms with Gasteiger partial charge in [0.2, 0.25) is 0 Å². The zero-order chi connectivity index (χ0) is 12.8. The number of nitro groups is 1. The molecule has 17 heavy (non-hydrogen) atoms. The third-order valence-corrected chi connectivity index (χ3v) is 1.78. The van der Waals surface area contributed by atoms with E-state index in [-0.39, 0.29) is 5.69 Å². The number of hydrogen-bond acceptors (Lipinski definition) is 5. The highest BCUT2D eigenvalue weighted by Crippen LogP contribution is 2.11. The van der Waals surface area contributed by atoms with Crippen LogP contribution in [0.4, 0.5) is 10.5 Å². The summed E-state index contributed by atoms with van der Waals surface area (Å²) < 4.78 is 0. The maximum atomic E-state index is 11.0. The number of non-ortho nitro benzene ring substituents is 1. The molecule has 0 unspecified atom stereocenters. The van der Waals surface area contributed by atoms with E-state index < -0.39 is 11.0 Å². The summed E-state index contributed by atoms with van der Waals surface area (Å²) in [5, 5.41) is 13.9. The first-order valence-corrected chi connectivity index (χ1v) is 4.67. The predicted molar refractivity (Wildman–Crippen MR) is 60.9 cm³/mol. The van der Waals surface area contributed by atoms with Crippen LogP contribution < -0.4 is 0 Å². The van der Waals surface area contributed by atoms with Gasteiger partial charge < -0.3 is 4.90 Å². The third-order valence-electron chi connectivity index (χ3n) is 1.78. The van der Waals surface area contributed by atoms with Gasteiger partial charge in [-0.1, -0.05) is 17.3 Å². The average Bonchev–Trinajstić information content (AvgIpc) is 2.29. The highest BCUT2D eigenvalue weighted by Gasteiger charge is 2.05. The average molecular weight is 237 g/mol. The number of rotatable bonds is 3. The number of benzene rings is 1. The maximum Gasteiger partial charge on any atom is 0.435 e. The normalized spacial score (nSPS) is 10.2. The number of nitro benzene ring substituents is 1. The Bertz CT molecular complexity index is 457. The highest BCUT2D eigenvalue weighted by molar-refractivity contribution is 5.80. The van der Waals surface area contributed by atoms with E-state index in [4.69, 9.17) is 0 Å². The molecule has 0 N–H and O–H groups in total. The molecule has 1 rings (SSSR count). The van der Waals surface area contributed by atoms with Crippen molar-refractivity contribution in [2.24, 2.45) is 5.16 Å². The van der Waals surface area contributed by atoms with Crippen LogP contribution in [0.15, 0.2) is 29.4 Å². The standard InChI is InChI=1S/C10H11N3O4/c1-12(2)10(14)17-11-7-8-4-3-5-9(6-8)13(15)16/h3-7H,1-2H3/b11-7+. The topological polar surface area (TPSA) is 85.0 Å². The molecular formula is C10H11N3O4. The van der Waals surface area contributed by atoms with Crippen LogP contribution in [0, 0.1) is 10.1 Å². The van der Waals surface area contributed by atoms with Gasteiger partial charge in [-0.2, -0.15) is 0 Å². The van der Waals surface area contributed by atoms with Crippen molar-refractivity contribution in [2.75, 3.05) is 14.1 Å². The molecule has 0 bridgehead atoms. The smallest absolute Gasteiger partial charge is 0.312 e. The molecule has 0 aliphatic rings. The van der Waals surface area contributed by atoms with Gasteiger partial charge in [-0.25, -0.2) is 4.79 Å². The summed E-state index contributed by atoms with van der Waals surface area (Å²) in [5.74, 6) is 0. The fraction of sp³-hybridized carbons (Fsp3) is 0.200. The van der Waals surface area contributed by atoms with Crippen LogP contribution in [0.25, 0.3) is 0 Å². The van der Waals surface area contributed by atoms with Crippen molar-refractivity contribution in [3.05, 3.63) is 39.9 Å². The summed E-state index contributed by atoms with van der Waals surface area (Å²) in [4.78, 5) is 26.7. The van der Waals surface area contributed by atoms with Crippen LogP contribution in [-0.4, -0.2) is 36.2 Å². The minimum absolute atomic E-state index is 0.0483. The van der Waals surface area contributed by atoms with Gasteiger partial charge in [0.05, 0.1) is 11.1 Å². The van der Waals surface area contributed by atoms with E-state index in [9.17, 15) is 14.9 Å². The van der Waals surface area contributed by atoms with E-state index in [1.807, 2.05) is 0 Å². The molecule has 1 aromatic rings. The molecule has 0 aromatic heterocycles. The van der Waals surface area contributed by atoms with Crippen molar-refractivity contribution >= 4 is 18.0 Å². The van der Waals surface area contributed by atoms with E-state index >= 15 is 0 Å². The van der Waals surface area contributed by atoms with Gasteiger partial charge in [-0.05, 0) is 0 Å². The first-order chi connectivity index (χ1) is 8.00. The molecule has 90 valence electrons. The van der Waals surface area contributed by atoms with Crippen LogP contribution in [-0.2, 0) is 4.84 Å². The lowest BCUT2D eigenvalue weighted by Gasteiger charge is -2.05. The molecule has 0 saturated heterocycles. The quantitative estimate of drug-likeness (QED) is 0.346. The number of carbonyl (C=O) groups is 1. The lowest BCUT2D eigenvalue weighted by Crippen LogP contribution is -2.20. The van der Waals surface area contributed by atoms with E-state index in [0.717, 1.165) is 0 Å². The summed E-state index contributed by atoms with van der Waals surface area (Å²) in [6.45, 7) is 0. The fourth-order valence-corrected chi connectivity index (χ4v) is 0.933. The summed E-state index contributed by atoms with van der Waals surface area (Å²) in [5.41, 5.74) is 0.429. The molecule has 0 radical (unpaired) electrons. The van der Waals surface area contributed by atoms with Gasteiger partial charge in [0.1, 0.15) is 0 Å². The molecule has 7 nitrogen and oxygen atoms in total. The summed E-state index contributed by atoms with van der Waals surface area (Å²) >= 11 is 0. The SMILES string of the molecule is CN(C)C(=O)O/N=C/c1cccc([N+](=O)[O-])c1. The van der Waals surface area contributed by atoms with Gasteiger partial charge in [0.15, 0.2) is 0 Å². The molecule has 0 fully saturated rings. The van der Waals surface area contributed by atoms with Crippen molar-refractivity contribution in [1.82, 2.24) is 4.90 Å². The Balaban J connectivity index is 2.68. The van der Waals surface area contributed by atoms with Gasteiger partial charge in [-0.15, -0.1) is 0 Å². The van der Waals surface area contributed by atoms with E-state index in [1.54, 1.807) is 6.07 Å². The Morgan fingerprint density at radius 2 is 2.24 bits per heavy atom. The number of hydrogen-bond donors (Lipinski definition) is 0. The lowest BCUT2D eigenvalue weighted by atomic mass is 10.2. The fourth-order valence-electron chi connectivity index (χ4n) is 0.933. The Morgan fingerprint density at radius 1 is 1.53 bits per heavy atom. The zero-order valence-electron chi connectivity index (χ0n) is 9.36. The monoisotopic (exact) mass is 237 g/mol. The molecule has 0 aliphatic heterocycles. The van der Waals surface area contributed by atoms with Crippen LogP contribution >= 0.6 is 0 Å². The van der Waals surface area contributed by atoms with Gasteiger partial charge in [0, 0.05) is 31.8 Å². The first-order valence-electron chi connectivity index (χ1n) is 4.67. The second-order valence-electron chi connectivity index (χ2n) is 3.34. The van der Waals surface area contributed by atoms with Gasteiger partial charge in [-0.3, -0.25) is 15.0 Å². The van der Waals surface area contributed by atoms with Crippen molar-refractivity contribution in [2.45, 2.75) is 0 Å². The van der Waals surface area contributed by atoms with E-state index in [0.29, 0.717) is 5.56 Å². The Kier molecular flexibility index (Phi) is 4.15. The van der Waals surface area contributed by atoms with E-state index in [2.05, 4.69) is 9.99 Å². The third kappa shape index (κ3) is 3.90. The van der Waals surface area contributed by atoms with E-state index in [1.165, 1.54) is 43.4 Å². The Labute approximate surface area is 97.4 Å². The lowest BCUT2D eigenvalue weighted by molar-refractivity contribution is -0.384. The molecule has 1 aromatic carbocycles.